The maximum atomic E-state index is 12.0. The largest absolute Gasteiger partial charge is 0.353 e. The molecular weight excluding hydrogens is 236 g/mol. The molecule has 5 atom stereocenters. The van der Waals surface area contributed by atoms with Crippen LogP contribution in [0.3, 0.4) is 0 Å². The lowest BCUT2D eigenvalue weighted by Crippen LogP contribution is -2.43. The van der Waals surface area contributed by atoms with E-state index in [1.807, 2.05) is 0 Å². The van der Waals surface area contributed by atoms with Crippen molar-refractivity contribution in [3.8, 4) is 0 Å². The molecule has 0 aromatic rings. The van der Waals surface area contributed by atoms with E-state index in [0.717, 1.165) is 36.3 Å². The Morgan fingerprint density at radius 3 is 2.68 bits per heavy atom. The van der Waals surface area contributed by atoms with Crippen LogP contribution in [0.1, 0.15) is 51.4 Å². The molecule has 0 aliphatic heterocycles. The van der Waals surface area contributed by atoms with Gasteiger partial charge in [0.25, 0.3) is 0 Å². The summed E-state index contributed by atoms with van der Waals surface area (Å²) in [6.07, 6.45) is 10.3. The second-order valence-electron chi connectivity index (χ2n) is 7.31. The van der Waals surface area contributed by atoms with E-state index in [9.17, 15) is 4.79 Å². The van der Waals surface area contributed by atoms with Gasteiger partial charge >= 0.3 is 0 Å². The summed E-state index contributed by atoms with van der Waals surface area (Å²) in [5.41, 5.74) is 0. The number of hydrogen-bond donors (Lipinski definition) is 2. The van der Waals surface area contributed by atoms with Crippen molar-refractivity contribution in [1.29, 1.82) is 0 Å². The lowest BCUT2D eigenvalue weighted by atomic mass is 9.79. The van der Waals surface area contributed by atoms with Gasteiger partial charge in [0.2, 0.25) is 5.91 Å². The van der Waals surface area contributed by atoms with Crippen molar-refractivity contribution in [2.75, 3.05) is 6.54 Å². The SMILES string of the molecule is O=C(CCNC1CC1)NC1CC2CC1C1CCCC21. The zero-order valence-corrected chi connectivity index (χ0v) is 11.7. The summed E-state index contributed by atoms with van der Waals surface area (Å²) in [5, 5.41) is 6.76. The number of hydrogen-bond acceptors (Lipinski definition) is 2. The molecule has 3 nitrogen and oxygen atoms in total. The number of rotatable bonds is 5. The maximum Gasteiger partial charge on any atom is 0.221 e. The van der Waals surface area contributed by atoms with Gasteiger partial charge < -0.3 is 10.6 Å². The fraction of sp³-hybridized carbons (Fsp3) is 0.938. The van der Waals surface area contributed by atoms with Gasteiger partial charge in [-0.25, -0.2) is 0 Å². The van der Waals surface area contributed by atoms with E-state index in [1.54, 1.807) is 0 Å². The van der Waals surface area contributed by atoms with Crippen molar-refractivity contribution in [3.63, 3.8) is 0 Å². The molecule has 4 aliphatic rings. The van der Waals surface area contributed by atoms with Crippen LogP contribution >= 0.6 is 0 Å². The van der Waals surface area contributed by atoms with Gasteiger partial charge in [0.1, 0.15) is 0 Å². The number of fused-ring (bicyclic) bond motifs is 5. The highest BCUT2D eigenvalue weighted by Gasteiger charge is 2.53. The predicted molar refractivity (Wildman–Crippen MR) is 74.6 cm³/mol. The van der Waals surface area contributed by atoms with Gasteiger partial charge in [0, 0.05) is 25.0 Å². The third-order valence-corrected chi connectivity index (χ3v) is 6.14. The quantitative estimate of drug-likeness (QED) is 0.796. The van der Waals surface area contributed by atoms with Crippen molar-refractivity contribution in [1.82, 2.24) is 10.6 Å². The van der Waals surface area contributed by atoms with Gasteiger partial charge in [-0.1, -0.05) is 6.42 Å². The third-order valence-electron chi connectivity index (χ3n) is 6.14. The average Bonchev–Trinajstić information content (AvgIpc) is 2.84. The van der Waals surface area contributed by atoms with E-state index in [2.05, 4.69) is 10.6 Å². The molecular formula is C16H26N2O. The molecule has 4 saturated carbocycles. The normalized spacial score (nSPS) is 43.5. The van der Waals surface area contributed by atoms with Crippen LogP contribution in [0.15, 0.2) is 0 Å². The molecule has 1 amide bonds. The smallest absolute Gasteiger partial charge is 0.221 e. The minimum atomic E-state index is 0.278. The topological polar surface area (TPSA) is 41.1 Å². The summed E-state index contributed by atoms with van der Waals surface area (Å²) in [6, 6.07) is 1.23. The Kier molecular flexibility index (Phi) is 3.06. The van der Waals surface area contributed by atoms with E-state index >= 15 is 0 Å². The number of amides is 1. The Morgan fingerprint density at radius 2 is 1.84 bits per heavy atom. The van der Waals surface area contributed by atoms with E-state index < -0.39 is 0 Å². The van der Waals surface area contributed by atoms with Crippen molar-refractivity contribution in [2.24, 2.45) is 23.7 Å². The monoisotopic (exact) mass is 262 g/mol. The van der Waals surface area contributed by atoms with Crippen LogP contribution in [0.4, 0.5) is 0 Å². The first-order chi connectivity index (χ1) is 9.31. The van der Waals surface area contributed by atoms with Gasteiger partial charge in [-0.15, -0.1) is 0 Å². The number of carbonyl (C=O) groups excluding carboxylic acids is 1. The van der Waals surface area contributed by atoms with Crippen LogP contribution in [-0.2, 0) is 4.79 Å². The Labute approximate surface area is 115 Å². The molecule has 0 aromatic heterocycles. The summed E-state index contributed by atoms with van der Waals surface area (Å²) in [6.45, 7) is 0.864. The molecule has 2 N–H and O–H groups in total. The molecule has 4 rings (SSSR count). The minimum Gasteiger partial charge on any atom is -0.353 e. The Balaban J connectivity index is 1.25. The molecule has 0 spiro atoms. The molecule has 4 aliphatic carbocycles. The van der Waals surface area contributed by atoms with Crippen LogP contribution in [-0.4, -0.2) is 24.5 Å². The average molecular weight is 262 g/mol. The Hall–Kier alpha value is -0.570. The molecule has 4 fully saturated rings. The zero-order chi connectivity index (χ0) is 12.8. The van der Waals surface area contributed by atoms with Crippen molar-refractivity contribution in [2.45, 2.75) is 63.5 Å². The summed E-state index contributed by atoms with van der Waals surface area (Å²) in [5.74, 6) is 4.01. The summed E-state index contributed by atoms with van der Waals surface area (Å²) >= 11 is 0. The first kappa shape index (κ1) is 12.2. The van der Waals surface area contributed by atoms with Gasteiger partial charge in [-0.3, -0.25) is 4.79 Å². The fourth-order valence-corrected chi connectivity index (χ4v) is 5.19. The molecule has 0 heterocycles. The fourth-order valence-electron chi connectivity index (χ4n) is 5.19. The lowest BCUT2D eigenvalue weighted by Gasteiger charge is -2.32. The third kappa shape index (κ3) is 2.31. The van der Waals surface area contributed by atoms with Gasteiger partial charge in [0.05, 0.1) is 0 Å². The van der Waals surface area contributed by atoms with E-state index in [0.29, 0.717) is 12.5 Å². The van der Waals surface area contributed by atoms with Crippen LogP contribution in [0, 0.1) is 23.7 Å². The Morgan fingerprint density at radius 1 is 1.00 bits per heavy atom. The van der Waals surface area contributed by atoms with Crippen molar-refractivity contribution >= 4 is 5.91 Å². The highest BCUT2D eigenvalue weighted by molar-refractivity contribution is 5.76. The van der Waals surface area contributed by atoms with Crippen LogP contribution in [0.25, 0.3) is 0 Å². The molecule has 5 unspecified atom stereocenters. The second-order valence-corrected chi connectivity index (χ2v) is 7.31. The van der Waals surface area contributed by atoms with E-state index in [-0.39, 0.29) is 5.91 Å². The molecule has 19 heavy (non-hydrogen) atoms. The molecule has 2 bridgehead atoms. The standard InChI is InChI=1S/C16H26N2O/c19-16(6-7-17-11-4-5-11)18-15-9-10-8-14(15)13-3-1-2-12(10)13/h10-15,17H,1-9H2,(H,18,19). The van der Waals surface area contributed by atoms with Crippen LogP contribution in [0.5, 0.6) is 0 Å². The zero-order valence-electron chi connectivity index (χ0n) is 11.7. The Bertz CT molecular complexity index is 366. The van der Waals surface area contributed by atoms with Crippen LogP contribution < -0.4 is 10.6 Å². The molecule has 0 aromatic carbocycles. The molecule has 0 radical (unpaired) electrons. The van der Waals surface area contributed by atoms with Crippen molar-refractivity contribution < 1.29 is 4.79 Å². The minimum absolute atomic E-state index is 0.278. The van der Waals surface area contributed by atoms with E-state index in [4.69, 9.17) is 0 Å². The second kappa shape index (κ2) is 4.76. The van der Waals surface area contributed by atoms with Crippen LogP contribution in [0.2, 0.25) is 0 Å². The summed E-state index contributed by atoms with van der Waals surface area (Å²) in [7, 11) is 0. The number of carbonyl (C=O) groups is 1. The highest BCUT2D eigenvalue weighted by Crippen LogP contribution is 2.58. The van der Waals surface area contributed by atoms with Crippen molar-refractivity contribution in [3.05, 3.63) is 0 Å². The predicted octanol–water partition coefficient (Wildman–Crippen LogP) is 2.07. The first-order valence-corrected chi connectivity index (χ1v) is 8.34. The molecule has 0 saturated heterocycles. The lowest BCUT2D eigenvalue weighted by molar-refractivity contribution is -0.122. The maximum absolute atomic E-state index is 12.0. The summed E-state index contributed by atoms with van der Waals surface area (Å²) < 4.78 is 0. The van der Waals surface area contributed by atoms with Gasteiger partial charge in [-0.05, 0) is 62.2 Å². The molecule has 3 heteroatoms. The van der Waals surface area contributed by atoms with Gasteiger partial charge in [0.15, 0.2) is 0 Å². The first-order valence-electron chi connectivity index (χ1n) is 8.34. The van der Waals surface area contributed by atoms with E-state index in [1.165, 1.54) is 44.9 Å². The summed E-state index contributed by atoms with van der Waals surface area (Å²) in [4.78, 5) is 12.0. The number of nitrogens with one attached hydrogen (secondary N) is 2. The molecule has 106 valence electrons. The van der Waals surface area contributed by atoms with Gasteiger partial charge in [-0.2, -0.15) is 0 Å². The highest BCUT2D eigenvalue weighted by atomic mass is 16.1.